The molecule has 0 radical (unpaired) electrons. The summed E-state index contributed by atoms with van der Waals surface area (Å²) >= 11 is 5.87. The van der Waals surface area contributed by atoms with Crippen molar-refractivity contribution in [3.63, 3.8) is 0 Å². The van der Waals surface area contributed by atoms with E-state index >= 15 is 0 Å². The molecule has 0 aliphatic carbocycles. The average Bonchev–Trinajstić information content (AvgIpc) is 2.27. The highest BCUT2D eigenvalue weighted by molar-refractivity contribution is 6.30. The number of halogens is 1. The van der Waals surface area contributed by atoms with E-state index in [0.717, 1.165) is 13.0 Å². The van der Waals surface area contributed by atoms with Crippen LogP contribution in [0.5, 0.6) is 0 Å². The summed E-state index contributed by atoms with van der Waals surface area (Å²) in [4.78, 5) is 10.7. The Morgan fingerprint density at radius 2 is 2.29 bits per heavy atom. The Bertz CT molecular complexity index is 460. The summed E-state index contributed by atoms with van der Waals surface area (Å²) in [6.45, 7) is 0.807. The topological polar surface area (TPSA) is 49.3 Å². The van der Waals surface area contributed by atoms with Crippen LogP contribution < -0.4 is 5.32 Å². The van der Waals surface area contributed by atoms with Gasteiger partial charge in [-0.15, -0.1) is 0 Å². The van der Waals surface area contributed by atoms with E-state index < -0.39 is 5.97 Å². The van der Waals surface area contributed by atoms with Gasteiger partial charge in [0, 0.05) is 23.6 Å². The smallest absolute Gasteiger partial charge is 0.307 e. The lowest BCUT2D eigenvalue weighted by atomic mass is 10.0. The molecule has 0 spiro atoms. The van der Waals surface area contributed by atoms with Crippen molar-refractivity contribution in [1.82, 2.24) is 5.32 Å². The van der Waals surface area contributed by atoms with Crippen LogP contribution in [0.3, 0.4) is 0 Å². The summed E-state index contributed by atoms with van der Waals surface area (Å²) in [6.07, 6.45) is 0.683. The number of carboxylic acid groups (broad SMARTS) is 1. The number of nitrogens with one attached hydrogen (secondary N) is 1. The fourth-order valence-corrected chi connectivity index (χ4v) is 1.50. The molecule has 0 aliphatic rings. The molecular formula is C13H14ClNO2. The van der Waals surface area contributed by atoms with Crippen LogP contribution in [0.15, 0.2) is 18.2 Å². The van der Waals surface area contributed by atoms with Gasteiger partial charge in [-0.2, -0.15) is 0 Å². The average molecular weight is 252 g/mol. The first-order chi connectivity index (χ1) is 8.13. The Balaban J connectivity index is 2.89. The lowest BCUT2D eigenvalue weighted by Crippen LogP contribution is -2.06. The lowest BCUT2D eigenvalue weighted by molar-refractivity contribution is -0.136. The number of aliphatic carboxylic acids is 1. The lowest BCUT2D eigenvalue weighted by Gasteiger charge is -2.02. The van der Waals surface area contributed by atoms with E-state index in [-0.39, 0.29) is 6.42 Å². The second-order valence-corrected chi connectivity index (χ2v) is 3.96. The summed E-state index contributed by atoms with van der Waals surface area (Å²) in [7, 11) is 1.86. The molecule has 2 N–H and O–H groups in total. The molecule has 3 nitrogen and oxygen atoms in total. The molecule has 0 aliphatic heterocycles. The van der Waals surface area contributed by atoms with E-state index in [1.54, 1.807) is 18.2 Å². The second-order valence-electron chi connectivity index (χ2n) is 3.53. The fraction of sp³-hybridized carbons (Fsp3) is 0.308. The zero-order valence-corrected chi connectivity index (χ0v) is 10.3. The first-order valence-electron chi connectivity index (χ1n) is 5.27. The molecule has 0 amide bonds. The van der Waals surface area contributed by atoms with E-state index in [9.17, 15) is 4.79 Å². The van der Waals surface area contributed by atoms with Crippen molar-refractivity contribution < 1.29 is 9.90 Å². The molecule has 4 heteroatoms. The molecule has 0 bridgehead atoms. The first-order valence-corrected chi connectivity index (χ1v) is 5.65. The number of benzene rings is 1. The highest BCUT2D eigenvalue weighted by atomic mass is 35.5. The normalized spacial score (nSPS) is 9.53. The Labute approximate surface area is 106 Å². The monoisotopic (exact) mass is 251 g/mol. The van der Waals surface area contributed by atoms with Gasteiger partial charge in [-0.25, -0.2) is 0 Å². The summed E-state index contributed by atoms with van der Waals surface area (Å²) in [5.41, 5.74) is 1.38. The van der Waals surface area contributed by atoms with Gasteiger partial charge in [0.1, 0.15) is 0 Å². The van der Waals surface area contributed by atoms with Crippen LogP contribution in [0, 0.1) is 11.8 Å². The van der Waals surface area contributed by atoms with Crippen LogP contribution in [0.1, 0.15) is 17.5 Å². The zero-order chi connectivity index (χ0) is 12.7. The third kappa shape index (κ3) is 4.90. The van der Waals surface area contributed by atoms with Gasteiger partial charge in [-0.05, 0) is 24.7 Å². The summed E-state index contributed by atoms with van der Waals surface area (Å²) in [5.74, 6) is 5.07. The van der Waals surface area contributed by atoms with Crippen LogP contribution in [0.2, 0.25) is 5.02 Å². The molecular weight excluding hydrogens is 238 g/mol. The molecule has 0 aromatic heterocycles. The van der Waals surface area contributed by atoms with Crippen molar-refractivity contribution >= 4 is 17.6 Å². The predicted octanol–water partition coefficient (Wildman–Crippen LogP) is 1.93. The van der Waals surface area contributed by atoms with Crippen LogP contribution in [0.4, 0.5) is 0 Å². The van der Waals surface area contributed by atoms with Gasteiger partial charge in [-0.3, -0.25) is 4.79 Å². The minimum absolute atomic E-state index is 0.0345. The van der Waals surface area contributed by atoms with Gasteiger partial charge < -0.3 is 10.4 Å². The van der Waals surface area contributed by atoms with Gasteiger partial charge in [0.15, 0.2) is 0 Å². The minimum atomic E-state index is -0.870. The maximum atomic E-state index is 10.7. The van der Waals surface area contributed by atoms with E-state index in [2.05, 4.69) is 17.2 Å². The van der Waals surface area contributed by atoms with Crippen LogP contribution in [-0.2, 0) is 11.2 Å². The number of carbonyl (C=O) groups is 1. The van der Waals surface area contributed by atoms with Crippen molar-refractivity contribution in [3.8, 4) is 11.8 Å². The molecule has 0 unspecified atom stereocenters. The van der Waals surface area contributed by atoms with E-state index in [0.29, 0.717) is 16.1 Å². The largest absolute Gasteiger partial charge is 0.481 e. The van der Waals surface area contributed by atoms with E-state index in [4.69, 9.17) is 16.7 Å². The Kier molecular flexibility index (Phi) is 5.55. The Morgan fingerprint density at radius 3 is 2.94 bits per heavy atom. The third-order valence-corrected chi connectivity index (χ3v) is 2.37. The maximum absolute atomic E-state index is 10.7. The molecule has 1 aromatic carbocycles. The number of carboxylic acids is 1. The summed E-state index contributed by atoms with van der Waals surface area (Å²) in [5, 5.41) is 12.3. The molecule has 0 atom stereocenters. The number of hydrogen-bond donors (Lipinski definition) is 2. The zero-order valence-electron chi connectivity index (χ0n) is 9.59. The van der Waals surface area contributed by atoms with Crippen LogP contribution >= 0.6 is 11.6 Å². The van der Waals surface area contributed by atoms with Crippen molar-refractivity contribution in [2.75, 3.05) is 13.6 Å². The quantitative estimate of drug-likeness (QED) is 0.635. The molecule has 0 saturated carbocycles. The molecule has 0 saturated heterocycles. The van der Waals surface area contributed by atoms with Crippen LogP contribution in [0.25, 0.3) is 0 Å². The second kappa shape index (κ2) is 6.95. The van der Waals surface area contributed by atoms with Crippen LogP contribution in [-0.4, -0.2) is 24.7 Å². The first kappa shape index (κ1) is 13.6. The van der Waals surface area contributed by atoms with Gasteiger partial charge >= 0.3 is 5.97 Å². The summed E-state index contributed by atoms with van der Waals surface area (Å²) < 4.78 is 0. The third-order valence-electron chi connectivity index (χ3n) is 2.14. The van der Waals surface area contributed by atoms with Gasteiger partial charge in [-0.1, -0.05) is 29.5 Å². The predicted molar refractivity (Wildman–Crippen MR) is 68.2 cm³/mol. The number of rotatable bonds is 4. The highest BCUT2D eigenvalue weighted by Gasteiger charge is 2.05. The SMILES string of the molecule is CNCCC#Cc1cc(Cl)ccc1CC(=O)O. The van der Waals surface area contributed by atoms with Gasteiger partial charge in [0.25, 0.3) is 0 Å². The summed E-state index contributed by atoms with van der Waals surface area (Å²) in [6, 6.07) is 5.09. The Hall–Kier alpha value is -1.50. The fourth-order valence-electron chi connectivity index (χ4n) is 1.33. The van der Waals surface area contributed by atoms with Crippen molar-refractivity contribution in [3.05, 3.63) is 34.3 Å². The minimum Gasteiger partial charge on any atom is -0.481 e. The highest BCUT2D eigenvalue weighted by Crippen LogP contribution is 2.16. The molecule has 0 heterocycles. The van der Waals surface area contributed by atoms with Gasteiger partial charge in [0.2, 0.25) is 0 Å². The molecule has 1 aromatic rings. The van der Waals surface area contributed by atoms with E-state index in [1.165, 1.54) is 0 Å². The van der Waals surface area contributed by atoms with Gasteiger partial charge in [0.05, 0.1) is 6.42 Å². The molecule has 17 heavy (non-hydrogen) atoms. The van der Waals surface area contributed by atoms with E-state index in [1.807, 2.05) is 7.05 Å². The number of hydrogen-bond acceptors (Lipinski definition) is 2. The maximum Gasteiger partial charge on any atom is 0.307 e. The molecule has 0 fully saturated rings. The van der Waals surface area contributed by atoms with Crippen molar-refractivity contribution in [2.45, 2.75) is 12.8 Å². The standard InChI is InChI=1S/C13H14ClNO2/c1-15-7-3-2-4-10-8-12(14)6-5-11(10)9-13(16)17/h5-6,8,15H,3,7,9H2,1H3,(H,16,17). The molecule has 1 rings (SSSR count). The Morgan fingerprint density at radius 1 is 1.53 bits per heavy atom. The van der Waals surface area contributed by atoms with Crippen molar-refractivity contribution in [2.24, 2.45) is 0 Å². The molecule has 90 valence electrons. The van der Waals surface area contributed by atoms with Crippen molar-refractivity contribution in [1.29, 1.82) is 0 Å².